The molecular weight excluding hydrogens is 342 g/mol. The predicted octanol–water partition coefficient (Wildman–Crippen LogP) is 4.39. The number of H-pyrrole nitrogens is 1. The molecule has 0 fully saturated rings. The van der Waals surface area contributed by atoms with Gasteiger partial charge in [0.15, 0.2) is 6.10 Å². The van der Waals surface area contributed by atoms with Crippen molar-refractivity contribution in [2.45, 2.75) is 20.0 Å². The molecule has 1 atom stereocenters. The van der Waals surface area contributed by atoms with E-state index in [1.807, 2.05) is 55.5 Å². The third-order valence-electron chi connectivity index (χ3n) is 4.13. The highest BCUT2D eigenvalue weighted by Gasteiger charge is 2.21. The number of nitrogens with one attached hydrogen (secondary N) is 1. The van der Waals surface area contributed by atoms with E-state index in [2.05, 4.69) is 4.98 Å². The molecule has 2 aromatic carbocycles. The third-order valence-corrected chi connectivity index (χ3v) is 4.13. The van der Waals surface area contributed by atoms with Gasteiger partial charge in [0.05, 0.1) is 6.61 Å². The molecule has 0 saturated heterocycles. The van der Waals surface area contributed by atoms with Gasteiger partial charge < -0.3 is 14.5 Å². The second-order valence-electron chi connectivity index (χ2n) is 6.00. The van der Waals surface area contributed by atoms with Gasteiger partial charge in [-0.2, -0.15) is 0 Å². The number of ketones is 1. The molecule has 0 aliphatic rings. The number of carbonyl (C=O) groups is 2. The molecule has 3 rings (SSSR count). The van der Waals surface area contributed by atoms with Gasteiger partial charge in [-0.25, -0.2) is 4.79 Å². The van der Waals surface area contributed by atoms with E-state index in [4.69, 9.17) is 9.47 Å². The minimum atomic E-state index is -0.886. The lowest BCUT2D eigenvalue weighted by atomic mass is 10.1. The van der Waals surface area contributed by atoms with Gasteiger partial charge in [0.1, 0.15) is 5.75 Å². The maximum absolute atomic E-state index is 12.6. The van der Waals surface area contributed by atoms with Crippen LogP contribution in [0.4, 0.5) is 0 Å². The molecular formula is C22H21NO4. The van der Waals surface area contributed by atoms with E-state index >= 15 is 0 Å². The van der Waals surface area contributed by atoms with Gasteiger partial charge in [-0.15, -0.1) is 0 Å². The first-order valence-corrected chi connectivity index (χ1v) is 8.81. The number of benzene rings is 2. The summed E-state index contributed by atoms with van der Waals surface area (Å²) in [5, 5.41) is 0.812. The Morgan fingerprint density at radius 2 is 1.85 bits per heavy atom. The van der Waals surface area contributed by atoms with E-state index in [1.165, 1.54) is 6.08 Å². The normalized spacial score (nSPS) is 12.2. The van der Waals surface area contributed by atoms with Crippen LogP contribution in [-0.2, 0) is 9.53 Å². The molecule has 5 nitrogen and oxygen atoms in total. The van der Waals surface area contributed by atoms with E-state index in [9.17, 15) is 9.59 Å². The van der Waals surface area contributed by atoms with Crippen LogP contribution in [0.3, 0.4) is 0 Å². The van der Waals surface area contributed by atoms with Crippen LogP contribution in [0.25, 0.3) is 17.0 Å². The number of rotatable bonds is 7. The Morgan fingerprint density at radius 3 is 2.67 bits per heavy atom. The summed E-state index contributed by atoms with van der Waals surface area (Å²) in [6.07, 6.45) is 3.68. The summed E-state index contributed by atoms with van der Waals surface area (Å²) in [7, 11) is 0. The molecule has 1 N–H and O–H groups in total. The van der Waals surface area contributed by atoms with Crippen molar-refractivity contribution in [2.24, 2.45) is 0 Å². The summed E-state index contributed by atoms with van der Waals surface area (Å²) in [5.41, 5.74) is 2.15. The van der Waals surface area contributed by atoms with Crippen molar-refractivity contribution in [1.29, 1.82) is 0 Å². The minimum absolute atomic E-state index is 0.246. The van der Waals surface area contributed by atoms with Crippen LogP contribution in [0.1, 0.15) is 29.8 Å². The fourth-order valence-corrected chi connectivity index (χ4v) is 2.82. The number of carbonyl (C=O) groups excluding carboxylic acids is 2. The number of aromatic amines is 1. The third kappa shape index (κ3) is 4.26. The lowest BCUT2D eigenvalue weighted by Crippen LogP contribution is -2.23. The molecule has 27 heavy (non-hydrogen) atoms. The van der Waals surface area contributed by atoms with Crippen LogP contribution in [-0.4, -0.2) is 29.4 Å². The van der Waals surface area contributed by atoms with E-state index in [1.54, 1.807) is 19.2 Å². The summed E-state index contributed by atoms with van der Waals surface area (Å²) >= 11 is 0. The summed E-state index contributed by atoms with van der Waals surface area (Å²) in [4.78, 5) is 27.8. The van der Waals surface area contributed by atoms with Crippen molar-refractivity contribution >= 4 is 28.7 Å². The van der Waals surface area contributed by atoms with Gasteiger partial charge in [-0.1, -0.05) is 36.4 Å². The second kappa shape index (κ2) is 8.36. The van der Waals surface area contributed by atoms with Crippen molar-refractivity contribution in [3.05, 3.63) is 71.9 Å². The summed E-state index contributed by atoms with van der Waals surface area (Å²) in [6.45, 7) is 4.00. The molecule has 0 unspecified atom stereocenters. The van der Waals surface area contributed by atoms with Crippen molar-refractivity contribution in [1.82, 2.24) is 4.98 Å². The van der Waals surface area contributed by atoms with Gasteiger partial charge in [0.25, 0.3) is 0 Å². The largest absolute Gasteiger partial charge is 0.493 e. The highest BCUT2D eigenvalue weighted by atomic mass is 16.5. The van der Waals surface area contributed by atoms with Crippen LogP contribution in [0.2, 0.25) is 0 Å². The number of aromatic nitrogens is 1. The monoisotopic (exact) mass is 363 g/mol. The smallest absolute Gasteiger partial charge is 0.331 e. The predicted molar refractivity (Wildman–Crippen MR) is 105 cm³/mol. The van der Waals surface area contributed by atoms with Crippen molar-refractivity contribution in [3.8, 4) is 5.75 Å². The molecule has 5 heteroatoms. The number of hydrogen-bond donors (Lipinski definition) is 1. The molecule has 3 aromatic rings. The fraction of sp³-hybridized carbons (Fsp3) is 0.182. The topological polar surface area (TPSA) is 68.4 Å². The number of ether oxygens (including phenoxy) is 2. The number of Topliss-reactive ketones (excluding diaryl/α,β-unsaturated/α-hetero) is 1. The van der Waals surface area contributed by atoms with Gasteiger partial charge in [0, 0.05) is 34.3 Å². The van der Waals surface area contributed by atoms with Gasteiger partial charge >= 0.3 is 5.97 Å². The Kier molecular flexibility index (Phi) is 5.71. The lowest BCUT2D eigenvalue weighted by Gasteiger charge is -2.10. The zero-order valence-corrected chi connectivity index (χ0v) is 15.3. The maximum atomic E-state index is 12.6. The fourth-order valence-electron chi connectivity index (χ4n) is 2.82. The Balaban J connectivity index is 1.68. The average Bonchev–Trinajstić information content (AvgIpc) is 3.11. The lowest BCUT2D eigenvalue weighted by molar-refractivity contribution is -0.140. The number of fused-ring (bicyclic) bond motifs is 1. The van der Waals surface area contributed by atoms with Crippen molar-refractivity contribution < 1.29 is 19.1 Å². The zero-order chi connectivity index (χ0) is 19.2. The Morgan fingerprint density at radius 1 is 1.11 bits per heavy atom. The second-order valence-corrected chi connectivity index (χ2v) is 6.00. The molecule has 0 spiro atoms. The molecule has 0 bridgehead atoms. The first kappa shape index (κ1) is 18.5. The van der Waals surface area contributed by atoms with Gasteiger partial charge in [0.2, 0.25) is 5.78 Å². The highest BCUT2D eigenvalue weighted by molar-refractivity contribution is 6.10. The Bertz CT molecular complexity index is 987. The molecule has 0 aliphatic carbocycles. The van der Waals surface area contributed by atoms with Crippen LogP contribution >= 0.6 is 0 Å². The average molecular weight is 363 g/mol. The number of hydrogen-bond acceptors (Lipinski definition) is 4. The molecule has 138 valence electrons. The molecule has 0 radical (unpaired) electrons. The van der Waals surface area contributed by atoms with E-state index < -0.39 is 12.1 Å². The first-order chi connectivity index (χ1) is 13.1. The molecule has 1 heterocycles. The summed E-state index contributed by atoms with van der Waals surface area (Å²) < 4.78 is 10.8. The van der Waals surface area contributed by atoms with Crippen LogP contribution in [0, 0.1) is 0 Å². The van der Waals surface area contributed by atoms with Crippen LogP contribution < -0.4 is 4.74 Å². The van der Waals surface area contributed by atoms with Crippen molar-refractivity contribution in [2.75, 3.05) is 6.61 Å². The Hall–Kier alpha value is -3.34. The van der Waals surface area contributed by atoms with Crippen LogP contribution in [0.5, 0.6) is 5.75 Å². The summed E-state index contributed by atoms with van der Waals surface area (Å²) in [5.74, 6) is -0.141. The standard InChI is InChI=1S/C22H21NO4/c1-3-26-20-11-7-4-8-16(20)12-13-21(24)27-15(2)22(25)18-14-23-19-10-6-5-9-17(18)19/h4-15,23H,3H2,1-2H3/b13-12+/t15-/m0/s1. The minimum Gasteiger partial charge on any atom is -0.493 e. The first-order valence-electron chi connectivity index (χ1n) is 8.81. The Labute approximate surface area is 157 Å². The molecule has 1 aromatic heterocycles. The van der Waals surface area contributed by atoms with Gasteiger partial charge in [-0.3, -0.25) is 4.79 Å². The highest BCUT2D eigenvalue weighted by Crippen LogP contribution is 2.21. The zero-order valence-electron chi connectivity index (χ0n) is 15.3. The molecule has 0 saturated carbocycles. The maximum Gasteiger partial charge on any atom is 0.331 e. The van der Waals surface area contributed by atoms with Gasteiger partial charge in [-0.05, 0) is 32.1 Å². The molecule has 0 amide bonds. The number of para-hydroxylation sites is 2. The van der Waals surface area contributed by atoms with Crippen molar-refractivity contribution in [3.63, 3.8) is 0 Å². The van der Waals surface area contributed by atoms with E-state index in [0.717, 1.165) is 16.5 Å². The molecule has 0 aliphatic heterocycles. The number of esters is 1. The van der Waals surface area contributed by atoms with E-state index in [-0.39, 0.29) is 5.78 Å². The van der Waals surface area contributed by atoms with Crippen LogP contribution in [0.15, 0.2) is 60.8 Å². The SMILES string of the molecule is CCOc1ccccc1/C=C/C(=O)O[C@@H](C)C(=O)c1c[nH]c2ccccc12. The summed E-state index contributed by atoms with van der Waals surface area (Å²) in [6, 6.07) is 14.9. The quantitative estimate of drug-likeness (QED) is 0.384. The van der Waals surface area contributed by atoms with E-state index in [0.29, 0.717) is 17.9 Å².